The van der Waals surface area contributed by atoms with E-state index in [1.165, 1.54) is 12.1 Å². The zero-order valence-corrected chi connectivity index (χ0v) is 17.7. The molecule has 162 valence electrons. The van der Waals surface area contributed by atoms with Crippen molar-refractivity contribution in [3.8, 4) is 0 Å². The van der Waals surface area contributed by atoms with E-state index in [4.69, 9.17) is 0 Å². The van der Waals surface area contributed by atoms with Gasteiger partial charge in [0, 0.05) is 6.54 Å². The van der Waals surface area contributed by atoms with E-state index >= 15 is 0 Å². The number of aliphatic hydroxyl groups excluding tert-OH is 1. The molecule has 1 heterocycles. The van der Waals surface area contributed by atoms with Gasteiger partial charge in [-0.3, -0.25) is 0 Å². The van der Waals surface area contributed by atoms with Gasteiger partial charge in [-0.25, -0.2) is 4.39 Å². The summed E-state index contributed by atoms with van der Waals surface area (Å²) >= 11 is 0. The van der Waals surface area contributed by atoms with E-state index in [-0.39, 0.29) is 11.7 Å². The van der Waals surface area contributed by atoms with Gasteiger partial charge in [-0.15, -0.1) is 0 Å². The molecule has 1 aliphatic rings. The smallest absolute Gasteiger partial charge is 0.123 e. The van der Waals surface area contributed by atoms with Crippen molar-refractivity contribution in [2.45, 2.75) is 31.0 Å². The monoisotopic (exact) mass is 419 g/mol. The van der Waals surface area contributed by atoms with Crippen LogP contribution in [0.4, 0.5) is 4.39 Å². The highest BCUT2D eigenvalue weighted by atomic mass is 19.1. The first-order valence-electron chi connectivity index (χ1n) is 11.1. The van der Waals surface area contributed by atoms with E-state index in [1.54, 1.807) is 12.1 Å². The first-order chi connectivity index (χ1) is 15.1. The minimum Gasteiger partial charge on any atom is -0.388 e. The number of likely N-dealkylation sites (tertiary alicyclic amines) is 1. The van der Waals surface area contributed by atoms with Crippen molar-refractivity contribution in [1.29, 1.82) is 0 Å². The van der Waals surface area contributed by atoms with Crippen molar-refractivity contribution in [3.05, 3.63) is 107 Å². The second-order valence-corrected chi connectivity index (χ2v) is 8.47. The number of halogens is 1. The van der Waals surface area contributed by atoms with E-state index in [1.807, 2.05) is 60.7 Å². The Balaban J connectivity index is 1.41. The first kappa shape index (κ1) is 21.7. The van der Waals surface area contributed by atoms with Gasteiger partial charge in [0.05, 0.1) is 6.10 Å². The number of hydrogen-bond donors (Lipinski definition) is 2. The van der Waals surface area contributed by atoms with Crippen molar-refractivity contribution in [2.24, 2.45) is 5.92 Å². The van der Waals surface area contributed by atoms with Gasteiger partial charge in [-0.05, 0) is 67.1 Å². The van der Waals surface area contributed by atoms with E-state index in [2.05, 4.69) is 4.90 Å². The van der Waals surface area contributed by atoms with E-state index in [9.17, 15) is 14.6 Å². The molecule has 0 aromatic heterocycles. The Morgan fingerprint density at radius 1 is 0.839 bits per heavy atom. The molecule has 1 saturated heterocycles. The maximum atomic E-state index is 13.1. The molecular weight excluding hydrogens is 389 g/mol. The predicted molar refractivity (Wildman–Crippen MR) is 121 cm³/mol. The summed E-state index contributed by atoms with van der Waals surface area (Å²) in [7, 11) is 0. The van der Waals surface area contributed by atoms with Crippen LogP contribution in [0.2, 0.25) is 0 Å². The molecule has 3 aromatic carbocycles. The molecule has 0 radical (unpaired) electrons. The zero-order valence-electron chi connectivity index (χ0n) is 17.7. The molecule has 0 amide bonds. The summed E-state index contributed by atoms with van der Waals surface area (Å²) in [4.78, 5) is 2.35. The molecule has 3 aromatic rings. The minimum absolute atomic E-state index is 0.121. The fourth-order valence-corrected chi connectivity index (χ4v) is 4.75. The lowest BCUT2D eigenvalue weighted by atomic mass is 9.72. The van der Waals surface area contributed by atoms with E-state index < -0.39 is 11.7 Å². The van der Waals surface area contributed by atoms with Gasteiger partial charge in [0.25, 0.3) is 0 Å². The number of benzene rings is 3. The summed E-state index contributed by atoms with van der Waals surface area (Å²) in [5, 5.41) is 22.4. The molecule has 2 N–H and O–H groups in total. The first-order valence-corrected chi connectivity index (χ1v) is 11.1. The van der Waals surface area contributed by atoms with Crippen LogP contribution in [-0.4, -0.2) is 34.7 Å². The quantitative estimate of drug-likeness (QED) is 0.573. The number of nitrogens with zero attached hydrogens (tertiary/aromatic N) is 1. The average Bonchev–Trinajstić information content (AvgIpc) is 2.84. The molecule has 1 aliphatic heterocycles. The highest BCUT2D eigenvalue weighted by Crippen LogP contribution is 2.41. The number of hydrogen-bond acceptors (Lipinski definition) is 3. The third kappa shape index (κ3) is 4.87. The average molecular weight is 420 g/mol. The van der Waals surface area contributed by atoms with Gasteiger partial charge in [-0.1, -0.05) is 72.8 Å². The normalized spacial score (nSPS) is 16.9. The summed E-state index contributed by atoms with van der Waals surface area (Å²) in [6.45, 7) is 2.53. The van der Waals surface area contributed by atoms with Gasteiger partial charge in [-0.2, -0.15) is 0 Å². The maximum Gasteiger partial charge on any atom is 0.123 e. The van der Waals surface area contributed by atoms with Gasteiger partial charge < -0.3 is 15.1 Å². The summed E-state index contributed by atoms with van der Waals surface area (Å²) in [6.07, 6.45) is 1.78. The Morgan fingerprint density at radius 2 is 1.35 bits per heavy atom. The molecule has 4 heteroatoms. The molecule has 0 spiro atoms. The van der Waals surface area contributed by atoms with E-state index in [0.717, 1.165) is 49.2 Å². The number of piperidine rings is 1. The summed E-state index contributed by atoms with van der Waals surface area (Å²) in [6, 6.07) is 26.0. The highest BCUT2D eigenvalue weighted by Gasteiger charge is 2.41. The molecular formula is C27H30FNO2. The lowest BCUT2D eigenvalue weighted by molar-refractivity contribution is -0.0157. The van der Waals surface area contributed by atoms with Crippen molar-refractivity contribution < 1.29 is 14.6 Å². The number of rotatable bonds is 7. The largest absolute Gasteiger partial charge is 0.388 e. The second kappa shape index (κ2) is 9.73. The standard InChI is InChI=1S/C27H30FNO2/c28-25-13-11-21(12-14-25)26(30)17-20-29-18-15-24(16-19-29)27(31,22-7-3-1-4-8-22)23-9-5-2-6-10-23/h1-14,24,26,30-31H,15-20H2. The summed E-state index contributed by atoms with van der Waals surface area (Å²) in [5.74, 6) is -0.169. The Morgan fingerprint density at radius 3 is 1.87 bits per heavy atom. The van der Waals surface area contributed by atoms with Gasteiger partial charge in [0.15, 0.2) is 0 Å². The Labute approximate surface area is 183 Å². The predicted octanol–water partition coefficient (Wildman–Crippen LogP) is 4.90. The highest BCUT2D eigenvalue weighted by molar-refractivity contribution is 5.37. The molecule has 1 atom stereocenters. The van der Waals surface area contributed by atoms with Crippen molar-refractivity contribution in [1.82, 2.24) is 4.90 Å². The van der Waals surface area contributed by atoms with Gasteiger partial charge in [0.2, 0.25) is 0 Å². The van der Waals surface area contributed by atoms with E-state index in [0.29, 0.717) is 6.42 Å². The van der Waals surface area contributed by atoms with Crippen LogP contribution in [0, 0.1) is 11.7 Å². The van der Waals surface area contributed by atoms with Crippen LogP contribution in [0.15, 0.2) is 84.9 Å². The second-order valence-electron chi connectivity index (χ2n) is 8.47. The molecule has 1 unspecified atom stereocenters. The van der Waals surface area contributed by atoms with Crippen molar-refractivity contribution in [2.75, 3.05) is 19.6 Å². The summed E-state index contributed by atoms with van der Waals surface area (Å²) < 4.78 is 13.1. The lowest BCUT2D eigenvalue weighted by Crippen LogP contribution is -2.44. The number of aliphatic hydroxyl groups is 2. The maximum absolute atomic E-state index is 13.1. The Hall–Kier alpha value is -2.53. The topological polar surface area (TPSA) is 43.7 Å². The zero-order chi connectivity index (χ0) is 21.7. The Kier molecular flexibility index (Phi) is 6.81. The molecule has 1 fully saturated rings. The van der Waals surface area contributed by atoms with Gasteiger partial charge >= 0.3 is 0 Å². The SMILES string of the molecule is OC(CCN1CCC(C(O)(c2ccccc2)c2ccccc2)CC1)c1ccc(F)cc1. The lowest BCUT2D eigenvalue weighted by Gasteiger charge is -2.42. The fourth-order valence-electron chi connectivity index (χ4n) is 4.75. The molecule has 0 aliphatic carbocycles. The molecule has 0 bridgehead atoms. The minimum atomic E-state index is -1.01. The van der Waals surface area contributed by atoms with Crippen LogP contribution >= 0.6 is 0 Å². The molecule has 3 nitrogen and oxygen atoms in total. The molecule has 4 rings (SSSR count). The van der Waals surface area contributed by atoms with Crippen molar-refractivity contribution >= 4 is 0 Å². The third-order valence-corrected chi connectivity index (χ3v) is 6.58. The summed E-state index contributed by atoms with van der Waals surface area (Å²) in [5.41, 5.74) is 1.61. The van der Waals surface area contributed by atoms with Crippen molar-refractivity contribution in [3.63, 3.8) is 0 Å². The van der Waals surface area contributed by atoms with Crippen LogP contribution in [0.5, 0.6) is 0 Å². The van der Waals surface area contributed by atoms with Crippen LogP contribution in [0.3, 0.4) is 0 Å². The molecule has 0 saturated carbocycles. The van der Waals surface area contributed by atoms with Gasteiger partial charge in [0.1, 0.15) is 11.4 Å². The fraction of sp³-hybridized carbons (Fsp3) is 0.333. The van der Waals surface area contributed by atoms with Crippen LogP contribution < -0.4 is 0 Å². The van der Waals surface area contributed by atoms with Crippen LogP contribution in [-0.2, 0) is 5.60 Å². The Bertz CT molecular complexity index is 898. The molecule has 31 heavy (non-hydrogen) atoms. The van der Waals surface area contributed by atoms with Crippen LogP contribution in [0.25, 0.3) is 0 Å². The third-order valence-electron chi connectivity index (χ3n) is 6.58. The van der Waals surface area contributed by atoms with Crippen LogP contribution in [0.1, 0.15) is 42.1 Å².